The van der Waals surface area contributed by atoms with Gasteiger partial charge in [0.15, 0.2) is 12.0 Å². The van der Waals surface area contributed by atoms with Gasteiger partial charge in [0, 0.05) is 6.42 Å². The van der Waals surface area contributed by atoms with Crippen LogP contribution >= 0.6 is 12.0 Å². The van der Waals surface area contributed by atoms with E-state index in [2.05, 4.69) is 10.8 Å². The lowest BCUT2D eigenvalue weighted by Gasteiger charge is -2.25. The first kappa shape index (κ1) is 14.3. The normalized spacial score (nSPS) is 22.4. The highest BCUT2D eigenvalue weighted by atomic mass is 32.2. The first-order valence-electron chi connectivity index (χ1n) is 4.45. The van der Waals surface area contributed by atoms with Gasteiger partial charge in [0.1, 0.15) is 5.76 Å². The Kier molecular flexibility index (Phi) is 4.06. The van der Waals surface area contributed by atoms with Gasteiger partial charge in [-0.25, -0.2) is 0 Å². The molecule has 0 aromatic heterocycles. The second kappa shape index (κ2) is 4.83. The molecule has 0 heterocycles. The summed E-state index contributed by atoms with van der Waals surface area (Å²) >= 11 is -0.822. The SMILES string of the molecule is C=C1C=C(OSC(F)(F)F)CC(C(F)(F)F)C1. The van der Waals surface area contributed by atoms with Crippen LogP contribution < -0.4 is 0 Å². The van der Waals surface area contributed by atoms with Gasteiger partial charge in [0.2, 0.25) is 0 Å². The molecule has 1 rings (SSSR count). The third-order valence-electron chi connectivity index (χ3n) is 2.03. The molecule has 0 aromatic carbocycles. The van der Waals surface area contributed by atoms with Gasteiger partial charge < -0.3 is 4.18 Å². The predicted octanol–water partition coefficient (Wildman–Crippen LogP) is 4.58. The number of hydrogen-bond donors (Lipinski definition) is 0. The smallest absolute Gasteiger partial charge is 0.422 e. The second-order valence-electron chi connectivity index (χ2n) is 3.53. The van der Waals surface area contributed by atoms with Crippen molar-refractivity contribution in [1.29, 1.82) is 0 Å². The molecule has 1 nitrogen and oxygen atoms in total. The lowest BCUT2D eigenvalue weighted by Crippen LogP contribution is -2.26. The molecule has 1 unspecified atom stereocenters. The van der Waals surface area contributed by atoms with E-state index in [1.54, 1.807) is 0 Å². The van der Waals surface area contributed by atoms with Crippen LogP contribution in [0.2, 0.25) is 0 Å². The van der Waals surface area contributed by atoms with Crippen molar-refractivity contribution in [3.8, 4) is 0 Å². The van der Waals surface area contributed by atoms with Gasteiger partial charge in [-0.15, -0.1) is 0 Å². The Bertz CT molecular complexity index is 329. The Hall–Kier alpha value is -0.790. The zero-order valence-electron chi connectivity index (χ0n) is 8.36. The Balaban J connectivity index is 2.65. The van der Waals surface area contributed by atoms with Gasteiger partial charge in [-0.05, 0) is 12.5 Å². The molecule has 0 amide bonds. The summed E-state index contributed by atoms with van der Waals surface area (Å²) in [5, 5.41) is 0. The average Bonchev–Trinajstić information content (AvgIpc) is 2.11. The van der Waals surface area contributed by atoms with Gasteiger partial charge in [0.05, 0.1) is 5.92 Å². The molecule has 0 aromatic rings. The van der Waals surface area contributed by atoms with Crippen molar-refractivity contribution in [3.05, 3.63) is 24.0 Å². The van der Waals surface area contributed by atoms with E-state index in [0.29, 0.717) is 0 Å². The average molecular weight is 278 g/mol. The number of halogens is 6. The number of alkyl halides is 6. The van der Waals surface area contributed by atoms with E-state index in [0.717, 1.165) is 6.08 Å². The molecule has 0 saturated heterocycles. The molecule has 0 aliphatic heterocycles. The molecular weight excluding hydrogens is 270 g/mol. The fourth-order valence-electron chi connectivity index (χ4n) is 1.37. The predicted molar refractivity (Wildman–Crippen MR) is 50.7 cm³/mol. The third-order valence-corrected chi connectivity index (χ3v) is 2.51. The van der Waals surface area contributed by atoms with Crippen LogP contribution in [-0.2, 0) is 4.18 Å². The molecular formula is C9H8F6OS. The highest BCUT2D eigenvalue weighted by Crippen LogP contribution is 2.42. The first-order valence-corrected chi connectivity index (χ1v) is 5.19. The first-order chi connectivity index (χ1) is 7.58. The fraction of sp³-hybridized carbons (Fsp3) is 0.556. The van der Waals surface area contributed by atoms with Crippen LogP contribution in [0.4, 0.5) is 26.3 Å². The van der Waals surface area contributed by atoms with E-state index >= 15 is 0 Å². The van der Waals surface area contributed by atoms with Crippen LogP contribution in [0, 0.1) is 5.92 Å². The van der Waals surface area contributed by atoms with Gasteiger partial charge in [-0.3, -0.25) is 0 Å². The summed E-state index contributed by atoms with van der Waals surface area (Å²) in [5.74, 6) is -2.09. The maximum Gasteiger partial charge on any atom is 0.479 e. The van der Waals surface area contributed by atoms with Gasteiger partial charge in [-0.1, -0.05) is 12.2 Å². The molecule has 1 aliphatic carbocycles. The van der Waals surface area contributed by atoms with Crippen molar-refractivity contribution in [2.75, 3.05) is 0 Å². The van der Waals surface area contributed by atoms with E-state index in [4.69, 9.17) is 0 Å². The van der Waals surface area contributed by atoms with Gasteiger partial charge >= 0.3 is 11.7 Å². The molecule has 98 valence electrons. The minimum atomic E-state index is -4.65. The zero-order valence-corrected chi connectivity index (χ0v) is 9.18. The van der Waals surface area contributed by atoms with Crippen LogP contribution in [0.25, 0.3) is 0 Å². The Morgan fingerprint density at radius 3 is 2.24 bits per heavy atom. The van der Waals surface area contributed by atoms with E-state index in [9.17, 15) is 26.3 Å². The topological polar surface area (TPSA) is 9.23 Å². The van der Waals surface area contributed by atoms with Crippen LogP contribution in [0.3, 0.4) is 0 Å². The van der Waals surface area contributed by atoms with Crippen molar-refractivity contribution < 1.29 is 30.5 Å². The van der Waals surface area contributed by atoms with Crippen molar-refractivity contribution in [2.24, 2.45) is 5.92 Å². The minimum absolute atomic E-state index is 0.108. The van der Waals surface area contributed by atoms with Crippen molar-refractivity contribution in [2.45, 2.75) is 24.5 Å². The van der Waals surface area contributed by atoms with Crippen LogP contribution in [0.5, 0.6) is 0 Å². The van der Waals surface area contributed by atoms with Crippen LogP contribution in [0.1, 0.15) is 12.8 Å². The van der Waals surface area contributed by atoms with Gasteiger partial charge in [-0.2, -0.15) is 26.3 Å². The molecule has 0 fully saturated rings. The van der Waals surface area contributed by atoms with E-state index in [1.165, 1.54) is 0 Å². The third kappa shape index (κ3) is 4.93. The maximum absolute atomic E-state index is 12.4. The summed E-state index contributed by atoms with van der Waals surface area (Å²) in [6.45, 7) is 3.33. The van der Waals surface area contributed by atoms with E-state index in [-0.39, 0.29) is 17.8 Å². The molecule has 17 heavy (non-hydrogen) atoms. The van der Waals surface area contributed by atoms with Gasteiger partial charge in [0.25, 0.3) is 0 Å². The van der Waals surface area contributed by atoms with Crippen LogP contribution in [0.15, 0.2) is 24.0 Å². The van der Waals surface area contributed by atoms with E-state index in [1.807, 2.05) is 0 Å². The Labute approximate surface area is 97.7 Å². The maximum atomic E-state index is 12.4. The number of hydrogen-bond acceptors (Lipinski definition) is 2. The summed E-state index contributed by atoms with van der Waals surface area (Å²) in [4.78, 5) is 0. The quantitative estimate of drug-likeness (QED) is 0.540. The summed E-state index contributed by atoms with van der Waals surface area (Å²) in [6, 6.07) is 0. The monoisotopic (exact) mass is 278 g/mol. The molecule has 0 bridgehead atoms. The van der Waals surface area contributed by atoms with E-state index < -0.39 is 36.1 Å². The lowest BCUT2D eigenvalue weighted by molar-refractivity contribution is -0.175. The second-order valence-corrected chi connectivity index (χ2v) is 4.32. The number of rotatable bonds is 2. The molecule has 1 aliphatic rings. The zero-order chi connectivity index (χ0) is 13.3. The molecule has 1 atom stereocenters. The summed E-state index contributed by atoms with van der Waals surface area (Å²) in [5.41, 5.74) is -4.54. The van der Waals surface area contributed by atoms with Crippen molar-refractivity contribution in [3.63, 3.8) is 0 Å². The molecule has 0 spiro atoms. The summed E-state index contributed by atoms with van der Waals surface area (Å²) < 4.78 is 76.9. The Morgan fingerprint density at radius 2 is 1.76 bits per heavy atom. The minimum Gasteiger partial charge on any atom is -0.422 e. The summed E-state index contributed by atoms with van der Waals surface area (Å²) in [7, 11) is 0. The molecule has 0 radical (unpaired) electrons. The lowest BCUT2D eigenvalue weighted by atomic mass is 9.90. The Morgan fingerprint density at radius 1 is 1.18 bits per heavy atom. The highest BCUT2D eigenvalue weighted by molar-refractivity contribution is 7.95. The van der Waals surface area contributed by atoms with Crippen molar-refractivity contribution in [1.82, 2.24) is 0 Å². The summed E-state index contributed by atoms with van der Waals surface area (Å²) in [6.07, 6.45) is -4.26. The number of allylic oxidation sites excluding steroid dienone is 3. The molecule has 0 saturated carbocycles. The fourth-order valence-corrected chi connectivity index (χ4v) is 1.69. The molecule has 0 N–H and O–H groups in total. The molecule has 8 heteroatoms. The van der Waals surface area contributed by atoms with Crippen LogP contribution in [-0.4, -0.2) is 11.7 Å². The van der Waals surface area contributed by atoms with Crippen molar-refractivity contribution >= 4 is 12.0 Å². The highest BCUT2D eigenvalue weighted by Gasteiger charge is 2.42. The standard InChI is InChI=1S/C9H8F6OS/c1-5-2-6(8(10,11)12)4-7(3-5)16-17-9(13,14)15/h3,6H,1-2,4H2. The largest absolute Gasteiger partial charge is 0.479 e.